The molecule has 0 bridgehead atoms. The molecule has 0 fully saturated rings. The Morgan fingerprint density at radius 3 is 2.14 bits per heavy atom. The summed E-state index contributed by atoms with van der Waals surface area (Å²) in [7, 11) is 4.13. The van der Waals surface area contributed by atoms with Crippen molar-refractivity contribution >= 4 is 12.6 Å². The third kappa shape index (κ3) is 16.2. The van der Waals surface area contributed by atoms with Crippen molar-refractivity contribution in [2.45, 2.75) is 77.2 Å². The highest BCUT2D eigenvalue weighted by Crippen LogP contribution is 2.22. The van der Waals surface area contributed by atoms with Crippen LogP contribution in [0.3, 0.4) is 0 Å². The number of nitrogens with two attached hydrogens (primary N) is 1. The maximum atomic E-state index is 4.61. The molecule has 0 aliphatic carbocycles. The van der Waals surface area contributed by atoms with Gasteiger partial charge >= 0.3 is 0 Å². The molecule has 0 aromatic heterocycles. The van der Waals surface area contributed by atoms with Gasteiger partial charge in [-0.2, -0.15) is 0 Å². The maximum Gasteiger partial charge on any atom is 0.0648 e. The summed E-state index contributed by atoms with van der Waals surface area (Å²) >= 11 is 4.49. The number of thiol groups is 1. The van der Waals surface area contributed by atoms with Crippen LogP contribution in [0.15, 0.2) is 78.5 Å². The van der Waals surface area contributed by atoms with Crippen LogP contribution >= 0.6 is 12.6 Å². The third-order valence-corrected chi connectivity index (χ3v) is 6.00. The number of likely N-dealkylation sites (N-methyl/N-ethyl adjacent to an activating group) is 1. The maximum absolute atomic E-state index is 4.61. The summed E-state index contributed by atoms with van der Waals surface area (Å²) in [5.74, 6) is 0.896. The van der Waals surface area contributed by atoms with Crippen LogP contribution in [-0.4, -0.2) is 25.5 Å². The smallest absolute Gasteiger partial charge is 0.0648 e. The zero-order valence-corrected chi connectivity index (χ0v) is 24.1. The highest BCUT2D eigenvalue weighted by atomic mass is 32.1. The van der Waals surface area contributed by atoms with E-state index in [-0.39, 0.29) is 6.04 Å². The van der Waals surface area contributed by atoms with Crippen LogP contribution in [0.5, 0.6) is 0 Å². The lowest BCUT2D eigenvalue weighted by Gasteiger charge is -2.24. The number of rotatable bonds is 12. The number of allylic oxidation sites excluding steroid dienone is 1. The van der Waals surface area contributed by atoms with Crippen molar-refractivity contribution in [1.29, 1.82) is 0 Å². The second-order valence-corrected chi connectivity index (χ2v) is 10.0. The number of benzene rings is 2. The minimum absolute atomic E-state index is 0.237. The number of hydrogen-bond donors (Lipinski definition) is 3. The average Bonchev–Trinajstić information content (AvgIpc) is 2.79. The Morgan fingerprint density at radius 1 is 1.06 bits per heavy atom. The van der Waals surface area contributed by atoms with Gasteiger partial charge in [-0.05, 0) is 63.7 Å². The number of nitrogens with one attached hydrogen (secondary N) is 1. The SMILES string of the molecule is C=C(C)NC(CN(C)C)c1ccccc1S.C=CN.CCCCC(CCC)Cc1ccc(C)cc1. The molecule has 0 radical (unpaired) electrons. The molecule has 35 heavy (non-hydrogen) atoms. The van der Waals surface area contributed by atoms with Crippen molar-refractivity contribution in [2.24, 2.45) is 11.7 Å². The summed E-state index contributed by atoms with van der Waals surface area (Å²) in [5.41, 5.74) is 9.68. The lowest BCUT2D eigenvalue weighted by atomic mass is 9.90. The number of nitrogens with zero attached hydrogens (tertiary/aromatic N) is 1. The third-order valence-electron chi connectivity index (χ3n) is 5.59. The predicted molar refractivity (Wildman–Crippen MR) is 160 cm³/mol. The van der Waals surface area contributed by atoms with E-state index in [2.05, 4.69) is 107 Å². The zero-order chi connectivity index (χ0) is 26.6. The van der Waals surface area contributed by atoms with Crippen LogP contribution < -0.4 is 11.1 Å². The Morgan fingerprint density at radius 2 is 1.66 bits per heavy atom. The molecule has 4 heteroatoms. The average molecular weight is 498 g/mol. The van der Waals surface area contributed by atoms with Gasteiger partial charge in [0.25, 0.3) is 0 Å². The monoisotopic (exact) mass is 497 g/mol. The van der Waals surface area contributed by atoms with Crippen LogP contribution in [-0.2, 0) is 6.42 Å². The first-order valence-electron chi connectivity index (χ1n) is 12.9. The molecular formula is C31H51N3S. The summed E-state index contributed by atoms with van der Waals surface area (Å²) in [6, 6.07) is 17.5. The van der Waals surface area contributed by atoms with Gasteiger partial charge in [-0.15, -0.1) is 12.6 Å². The Labute approximate surface area is 222 Å². The molecule has 2 atom stereocenters. The minimum atomic E-state index is 0.237. The van der Waals surface area contributed by atoms with Crippen molar-refractivity contribution < 1.29 is 0 Å². The first-order chi connectivity index (χ1) is 16.7. The van der Waals surface area contributed by atoms with E-state index in [0.717, 1.165) is 23.1 Å². The predicted octanol–water partition coefficient (Wildman–Crippen LogP) is 7.93. The molecule has 0 spiro atoms. The fourth-order valence-electron chi connectivity index (χ4n) is 3.97. The van der Waals surface area contributed by atoms with Gasteiger partial charge < -0.3 is 16.0 Å². The summed E-state index contributed by atoms with van der Waals surface area (Å²) in [5, 5.41) is 3.38. The van der Waals surface area contributed by atoms with Crippen LogP contribution in [0.1, 0.15) is 75.6 Å². The second-order valence-electron chi connectivity index (χ2n) is 9.52. The summed E-state index contributed by atoms with van der Waals surface area (Å²) in [6.07, 6.45) is 9.34. The van der Waals surface area contributed by atoms with E-state index in [1.165, 1.54) is 61.4 Å². The molecule has 0 aliphatic heterocycles. The number of hydrogen-bond acceptors (Lipinski definition) is 4. The number of aryl methyl sites for hydroxylation is 1. The van der Waals surface area contributed by atoms with E-state index in [9.17, 15) is 0 Å². The van der Waals surface area contributed by atoms with Gasteiger partial charge in [-0.25, -0.2) is 0 Å². The Bertz CT molecular complexity index is 814. The summed E-state index contributed by atoms with van der Waals surface area (Å²) < 4.78 is 0. The van der Waals surface area contributed by atoms with E-state index in [1.807, 2.05) is 25.1 Å². The van der Waals surface area contributed by atoms with E-state index >= 15 is 0 Å². The first kappa shape index (κ1) is 32.8. The van der Waals surface area contributed by atoms with Crippen LogP contribution in [0.4, 0.5) is 0 Å². The molecule has 3 nitrogen and oxygen atoms in total. The van der Waals surface area contributed by atoms with Crippen LogP contribution in [0.25, 0.3) is 0 Å². The van der Waals surface area contributed by atoms with E-state index in [1.54, 1.807) is 0 Å². The molecule has 3 N–H and O–H groups in total. The van der Waals surface area contributed by atoms with E-state index in [4.69, 9.17) is 0 Å². The molecule has 2 aromatic carbocycles. The Hall–Kier alpha value is -2.17. The molecule has 0 amide bonds. The normalized spacial score (nSPS) is 11.9. The molecule has 2 unspecified atom stereocenters. The largest absolute Gasteiger partial charge is 0.405 e. The molecule has 2 aromatic rings. The molecular weight excluding hydrogens is 446 g/mol. The number of unbranched alkanes of at least 4 members (excludes halogenated alkanes) is 1. The van der Waals surface area contributed by atoms with Gasteiger partial charge in [0, 0.05) is 17.1 Å². The fraction of sp³-hybridized carbons (Fsp3) is 0.484. The van der Waals surface area contributed by atoms with Gasteiger partial charge in [0.1, 0.15) is 0 Å². The first-order valence-corrected chi connectivity index (χ1v) is 13.4. The highest BCUT2D eigenvalue weighted by molar-refractivity contribution is 7.80. The zero-order valence-electron chi connectivity index (χ0n) is 23.2. The van der Waals surface area contributed by atoms with Crippen molar-refractivity contribution in [3.05, 3.63) is 90.3 Å². The van der Waals surface area contributed by atoms with Gasteiger partial charge in [-0.3, -0.25) is 0 Å². The lowest BCUT2D eigenvalue weighted by molar-refractivity contribution is 0.352. The van der Waals surface area contributed by atoms with Gasteiger partial charge in [0.2, 0.25) is 0 Å². The molecule has 2 rings (SSSR count). The standard InChI is InChI=1S/C16H26.C13H20N2S.C2H5N/c1-4-6-8-15(7-5-2)13-16-11-9-14(3)10-12-16;1-10(2)14-12(9-15(3)4)11-7-5-6-8-13(11)16;1-2-3/h9-12,15H,4-8,13H2,1-3H3;5-8,12,14,16H,1,9H2,2-4H3;2H,1,3H2. The van der Waals surface area contributed by atoms with Crippen molar-refractivity contribution in [1.82, 2.24) is 10.2 Å². The second kappa shape index (κ2) is 20.1. The van der Waals surface area contributed by atoms with Crippen molar-refractivity contribution in [3.63, 3.8) is 0 Å². The topological polar surface area (TPSA) is 41.3 Å². The van der Waals surface area contributed by atoms with Crippen LogP contribution in [0.2, 0.25) is 0 Å². The molecule has 0 saturated carbocycles. The highest BCUT2D eigenvalue weighted by Gasteiger charge is 2.14. The van der Waals surface area contributed by atoms with E-state index < -0.39 is 0 Å². The summed E-state index contributed by atoms with van der Waals surface area (Å²) in [6.45, 7) is 16.7. The Balaban J connectivity index is 0.000000594. The van der Waals surface area contributed by atoms with Crippen LogP contribution in [0, 0.1) is 12.8 Å². The molecule has 0 heterocycles. The Kier molecular flexibility index (Phi) is 18.8. The van der Waals surface area contributed by atoms with Gasteiger partial charge in [-0.1, -0.05) is 107 Å². The lowest BCUT2D eigenvalue weighted by Crippen LogP contribution is -2.30. The van der Waals surface area contributed by atoms with Crippen molar-refractivity contribution in [3.8, 4) is 0 Å². The quantitative estimate of drug-likeness (QED) is 0.261. The molecule has 0 aliphatic rings. The van der Waals surface area contributed by atoms with Gasteiger partial charge in [0.05, 0.1) is 6.04 Å². The van der Waals surface area contributed by atoms with Gasteiger partial charge in [0.15, 0.2) is 0 Å². The minimum Gasteiger partial charge on any atom is -0.405 e. The molecule has 196 valence electrons. The fourth-order valence-corrected chi connectivity index (χ4v) is 4.29. The summed E-state index contributed by atoms with van der Waals surface area (Å²) in [4.78, 5) is 3.17. The van der Waals surface area contributed by atoms with E-state index in [0.29, 0.717) is 0 Å². The van der Waals surface area contributed by atoms with Crippen molar-refractivity contribution in [2.75, 3.05) is 20.6 Å². The molecule has 0 saturated heterocycles.